The summed E-state index contributed by atoms with van der Waals surface area (Å²) in [6.45, 7) is 8.39. The van der Waals surface area contributed by atoms with Crippen LogP contribution in [0.1, 0.15) is 58.1 Å². The molecule has 2 aliphatic rings. The van der Waals surface area contributed by atoms with Crippen molar-refractivity contribution in [3.8, 4) is 5.75 Å². The summed E-state index contributed by atoms with van der Waals surface area (Å²) in [7, 11) is 1.68. The van der Waals surface area contributed by atoms with Crippen molar-refractivity contribution in [2.75, 3.05) is 13.7 Å². The van der Waals surface area contributed by atoms with Gasteiger partial charge in [0.05, 0.1) is 7.11 Å². The van der Waals surface area contributed by atoms with Crippen LogP contribution in [0.3, 0.4) is 0 Å². The molecule has 1 aliphatic carbocycles. The SMILES string of the molecule is COc1ccc2c(c1)CCC1CCNC(=O)C(CC(C)N(C(C)=O)C(C)C)=C21. The molecule has 2 amide bonds. The predicted octanol–water partition coefficient (Wildman–Crippen LogP) is 3.57. The Morgan fingerprint density at radius 2 is 2.04 bits per heavy atom. The van der Waals surface area contributed by atoms with Crippen LogP contribution >= 0.6 is 0 Å². The molecule has 5 heteroatoms. The van der Waals surface area contributed by atoms with Gasteiger partial charge in [-0.3, -0.25) is 9.59 Å². The van der Waals surface area contributed by atoms with Crippen LogP contribution in [0, 0.1) is 5.92 Å². The van der Waals surface area contributed by atoms with Gasteiger partial charge in [0.15, 0.2) is 0 Å². The fourth-order valence-electron chi connectivity index (χ4n) is 4.93. The van der Waals surface area contributed by atoms with E-state index in [2.05, 4.69) is 17.4 Å². The highest BCUT2D eigenvalue weighted by atomic mass is 16.5. The molecule has 28 heavy (non-hydrogen) atoms. The molecule has 3 rings (SSSR count). The summed E-state index contributed by atoms with van der Waals surface area (Å²) in [6, 6.07) is 6.25. The normalized spacial score (nSPS) is 20.1. The van der Waals surface area contributed by atoms with Gasteiger partial charge in [0.2, 0.25) is 11.8 Å². The molecule has 0 bridgehead atoms. The molecule has 1 aromatic carbocycles. The lowest BCUT2D eigenvalue weighted by Gasteiger charge is -2.34. The minimum absolute atomic E-state index is 0.0141. The predicted molar refractivity (Wildman–Crippen MR) is 111 cm³/mol. The number of benzene rings is 1. The summed E-state index contributed by atoms with van der Waals surface area (Å²) in [5, 5.41) is 3.08. The number of allylic oxidation sites excluding steroid dienone is 1. The van der Waals surface area contributed by atoms with E-state index in [1.54, 1.807) is 14.0 Å². The molecular weight excluding hydrogens is 352 g/mol. The molecule has 5 nitrogen and oxygen atoms in total. The van der Waals surface area contributed by atoms with Gasteiger partial charge in [-0.05, 0) is 81.2 Å². The highest BCUT2D eigenvalue weighted by Gasteiger charge is 2.33. The monoisotopic (exact) mass is 384 g/mol. The molecule has 2 atom stereocenters. The van der Waals surface area contributed by atoms with Crippen molar-refractivity contribution in [1.82, 2.24) is 10.2 Å². The Balaban J connectivity index is 2.07. The van der Waals surface area contributed by atoms with Crippen molar-refractivity contribution < 1.29 is 14.3 Å². The zero-order chi connectivity index (χ0) is 20.4. The van der Waals surface area contributed by atoms with Crippen LogP contribution in [0.25, 0.3) is 5.57 Å². The number of ether oxygens (including phenoxy) is 1. The minimum Gasteiger partial charge on any atom is -0.497 e. The molecule has 152 valence electrons. The molecule has 1 heterocycles. The quantitative estimate of drug-likeness (QED) is 0.844. The summed E-state index contributed by atoms with van der Waals surface area (Å²) < 4.78 is 5.40. The van der Waals surface area contributed by atoms with E-state index < -0.39 is 0 Å². The fourth-order valence-corrected chi connectivity index (χ4v) is 4.93. The van der Waals surface area contributed by atoms with Gasteiger partial charge in [-0.15, -0.1) is 0 Å². The van der Waals surface area contributed by atoms with Crippen molar-refractivity contribution in [1.29, 1.82) is 0 Å². The smallest absolute Gasteiger partial charge is 0.247 e. The molecule has 1 aliphatic heterocycles. The summed E-state index contributed by atoms with van der Waals surface area (Å²) in [5.41, 5.74) is 4.44. The van der Waals surface area contributed by atoms with Gasteiger partial charge >= 0.3 is 0 Å². The molecule has 0 spiro atoms. The number of aryl methyl sites for hydroxylation is 1. The topological polar surface area (TPSA) is 58.6 Å². The van der Waals surface area contributed by atoms with Gasteiger partial charge in [0.1, 0.15) is 5.75 Å². The molecule has 1 aromatic rings. The van der Waals surface area contributed by atoms with Crippen LogP contribution < -0.4 is 10.1 Å². The van der Waals surface area contributed by atoms with E-state index in [9.17, 15) is 9.59 Å². The van der Waals surface area contributed by atoms with Gasteiger partial charge in [0.25, 0.3) is 0 Å². The number of nitrogens with zero attached hydrogens (tertiary/aromatic N) is 1. The lowest BCUT2D eigenvalue weighted by atomic mass is 9.75. The highest BCUT2D eigenvalue weighted by Crippen LogP contribution is 2.42. The van der Waals surface area contributed by atoms with Crippen molar-refractivity contribution in [3.05, 3.63) is 34.9 Å². The standard InChI is InChI=1S/C23H32N2O3/c1-14(2)25(16(4)26)15(3)12-21-22-17(10-11-24-23(21)27)6-7-18-13-19(28-5)8-9-20(18)22/h8-9,13-15,17H,6-7,10-12H2,1-5H3,(H,24,27). The average molecular weight is 385 g/mol. The van der Waals surface area contributed by atoms with E-state index in [0.29, 0.717) is 18.9 Å². The summed E-state index contributed by atoms with van der Waals surface area (Å²) in [5.74, 6) is 1.30. The molecule has 0 radical (unpaired) electrons. The molecule has 0 aromatic heterocycles. The second kappa shape index (κ2) is 8.38. The maximum atomic E-state index is 13.0. The minimum atomic E-state index is -0.0341. The zero-order valence-electron chi connectivity index (χ0n) is 17.7. The number of nitrogens with one attached hydrogen (secondary N) is 1. The van der Waals surface area contributed by atoms with Gasteiger partial charge in [-0.2, -0.15) is 0 Å². The van der Waals surface area contributed by atoms with E-state index in [0.717, 1.165) is 30.6 Å². The Bertz CT molecular complexity index is 797. The largest absolute Gasteiger partial charge is 0.497 e. The summed E-state index contributed by atoms with van der Waals surface area (Å²) in [4.78, 5) is 27.0. The van der Waals surface area contributed by atoms with E-state index in [1.807, 2.05) is 31.7 Å². The number of carbonyl (C=O) groups excluding carboxylic acids is 2. The Kier molecular flexibility index (Phi) is 6.11. The van der Waals surface area contributed by atoms with Crippen LogP contribution in [0.5, 0.6) is 5.75 Å². The third kappa shape index (κ3) is 3.94. The number of carbonyl (C=O) groups is 2. The van der Waals surface area contributed by atoms with Gasteiger partial charge < -0.3 is 15.0 Å². The number of rotatable bonds is 5. The second-order valence-electron chi connectivity index (χ2n) is 8.27. The van der Waals surface area contributed by atoms with Crippen molar-refractivity contribution >= 4 is 17.4 Å². The number of amides is 2. The Morgan fingerprint density at radius 3 is 2.68 bits per heavy atom. The molecule has 0 fully saturated rings. The van der Waals surface area contributed by atoms with Crippen molar-refractivity contribution in [3.63, 3.8) is 0 Å². The highest BCUT2D eigenvalue weighted by molar-refractivity contribution is 6.02. The first kappa shape index (κ1) is 20.4. The van der Waals surface area contributed by atoms with Gasteiger partial charge in [0, 0.05) is 31.1 Å². The van der Waals surface area contributed by atoms with Crippen LogP contribution in [-0.2, 0) is 16.0 Å². The molecule has 0 saturated carbocycles. The molecular formula is C23H32N2O3. The second-order valence-corrected chi connectivity index (χ2v) is 8.27. The molecule has 2 unspecified atom stereocenters. The van der Waals surface area contributed by atoms with Crippen molar-refractivity contribution in [2.24, 2.45) is 5.92 Å². The van der Waals surface area contributed by atoms with Crippen LogP contribution in [0.2, 0.25) is 0 Å². The third-order valence-corrected chi connectivity index (χ3v) is 6.04. The zero-order valence-corrected chi connectivity index (χ0v) is 17.7. The lowest BCUT2D eigenvalue weighted by Crippen LogP contribution is -2.43. The number of hydrogen-bond acceptors (Lipinski definition) is 3. The molecule has 0 saturated heterocycles. The first-order valence-electron chi connectivity index (χ1n) is 10.3. The maximum absolute atomic E-state index is 13.0. The first-order valence-corrected chi connectivity index (χ1v) is 10.3. The van der Waals surface area contributed by atoms with E-state index in [-0.39, 0.29) is 23.9 Å². The average Bonchev–Trinajstić information content (AvgIpc) is 2.79. The Morgan fingerprint density at radius 1 is 1.29 bits per heavy atom. The maximum Gasteiger partial charge on any atom is 0.247 e. The first-order chi connectivity index (χ1) is 13.3. The number of methoxy groups -OCH3 is 1. The lowest BCUT2D eigenvalue weighted by molar-refractivity contribution is -0.133. The van der Waals surface area contributed by atoms with Crippen molar-refractivity contribution in [2.45, 2.75) is 65.5 Å². The fraction of sp³-hybridized carbons (Fsp3) is 0.565. The van der Waals surface area contributed by atoms with Crippen LogP contribution in [0.4, 0.5) is 0 Å². The van der Waals surface area contributed by atoms with E-state index in [4.69, 9.17) is 4.74 Å². The number of hydrogen-bond donors (Lipinski definition) is 1. The van der Waals surface area contributed by atoms with E-state index >= 15 is 0 Å². The summed E-state index contributed by atoms with van der Waals surface area (Å²) in [6.07, 6.45) is 3.58. The van der Waals surface area contributed by atoms with E-state index in [1.165, 1.54) is 16.7 Å². The number of fused-ring (bicyclic) bond motifs is 3. The Labute approximate surface area is 168 Å². The Hall–Kier alpha value is -2.30. The van der Waals surface area contributed by atoms with Gasteiger partial charge in [-0.25, -0.2) is 0 Å². The van der Waals surface area contributed by atoms with Gasteiger partial charge in [-0.1, -0.05) is 6.07 Å². The van der Waals surface area contributed by atoms with Crippen LogP contribution in [-0.4, -0.2) is 42.5 Å². The third-order valence-electron chi connectivity index (χ3n) is 6.04. The van der Waals surface area contributed by atoms with Crippen LogP contribution in [0.15, 0.2) is 23.8 Å². The molecule has 1 N–H and O–H groups in total. The summed E-state index contributed by atoms with van der Waals surface area (Å²) >= 11 is 0.